The number of hydrogen-bond donors (Lipinski definition) is 1. The number of ether oxygens (including phenoxy) is 1. The van der Waals surface area contributed by atoms with Crippen LogP contribution in [0.15, 0.2) is 27.3 Å². The van der Waals surface area contributed by atoms with Crippen LogP contribution in [0.4, 0.5) is 13.6 Å². The number of carbonyl (C=O) groups excluding carboxylic acids is 1. The van der Waals surface area contributed by atoms with Crippen LogP contribution in [0.25, 0.3) is 0 Å². The van der Waals surface area contributed by atoms with E-state index < -0.39 is 23.8 Å². The van der Waals surface area contributed by atoms with Crippen LogP contribution in [0.2, 0.25) is 0 Å². The van der Waals surface area contributed by atoms with Crippen LogP contribution >= 0.6 is 31.9 Å². The highest BCUT2D eigenvalue weighted by Gasteiger charge is 2.27. The van der Waals surface area contributed by atoms with Crippen LogP contribution in [0.5, 0.6) is 0 Å². The van der Waals surface area contributed by atoms with Crippen molar-refractivity contribution in [2.24, 2.45) is 5.73 Å². The molecule has 4 nitrogen and oxygen atoms in total. The molecule has 0 saturated heterocycles. The molecular formula is C17H14Br2F2N2O2. The summed E-state index contributed by atoms with van der Waals surface area (Å²) in [5, 5.41) is 0. The van der Waals surface area contributed by atoms with Crippen molar-refractivity contribution < 1.29 is 18.3 Å². The molecule has 25 heavy (non-hydrogen) atoms. The predicted molar refractivity (Wildman–Crippen MR) is 95.1 cm³/mol. The third-order valence-electron chi connectivity index (χ3n) is 4.08. The van der Waals surface area contributed by atoms with Crippen LogP contribution < -0.4 is 5.73 Å². The van der Waals surface area contributed by atoms with E-state index in [2.05, 4.69) is 36.8 Å². The third-order valence-corrected chi connectivity index (χ3v) is 5.62. The molecule has 3 rings (SSSR count). The fourth-order valence-corrected chi connectivity index (χ4v) is 4.49. The number of hydrogen-bond acceptors (Lipinski definition) is 3. The summed E-state index contributed by atoms with van der Waals surface area (Å²) in [6.45, 7) is 0. The molecule has 1 unspecified atom stereocenters. The van der Waals surface area contributed by atoms with Crippen molar-refractivity contribution in [1.29, 1.82) is 0 Å². The molecule has 1 aromatic carbocycles. The van der Waals surface area contributed by atoms with Gasteiger partial charge in [-0.25, -0.2) is 18.6 Å². The zero-order chi connectivity index (χ0) is 18.1. The lowest BCUT2D eigenvalue weighted by Gasteiger charge is -2.20. The van der Waals surface area contributed by atoms with E-state index in [0.29, 0.717) is 15.9 Å². The van der Waals surface area contributed by atoms with E-state index in [1.165, 1.54) is 12.1 Å². The molecule has 2 aromatic rings. The molecule has 0 spiro atoms. The summed E-state index contributed by atoms with van der Waals surface area (Å²) < 4.78 is 33.5. The Labute approximate surface area is 160 Å². The summed E-state index contributed by atoms with van der Waals surface area (Å²) in [7, 11) is 0. The normalized spacial score (nSPS) is 14.2. The first-order chi connectivity index (χ1) is 11.8. The molecule has 1 amide bonds. The highest BCUT2D eigenvalue weighted by atomic mass is 79.9. The van der Waals surface area contributed by atoms with Gasteiger partial charge in [0.15, 0.2) is 6.10 Å². The molecule has 0 saturated carbocycles. The molecule has 1 aliphatic rings. The Morgan fingerprint density at radius 3 is 2.48 bits per heavy atom. The number of pyridine rings is 1. The number of primary amides is 1. The van der Waals surface area contributed by atoms with Gasteiger partial charge in [0.25, 0.3) is 0 Å². The highest BCUT2D eigenvalue weighted by molar-refractivity contribution is 9.11. The fourth-order valence-electron chi connectivity index (χ4n) is 3.08. The molecule has 2 N–H and O–H groups in total. The van der Waals surface area contributed by atoms with Crippen molar-refractivity contribution >= 4 is 38.0 Å². The van der Waals surface area contributed by atoms with Crippen molar-refractivity contribution in [1.82, 2.24) is 4.98 Å². The number of aromatic nitrogens is 1. The second-order valence-corrected chi connectivity index (χ2v) is 7.36. The maximum absolute atomic E-state index is 13.5. The number of nitrogens with zero attached hydrogens (tertiary/aromatic N) is 1. The van der Waals surface area contributed by atoms with Gasteiger partial charge in [-0.15, -0.1) is 0 Å². The SMILES string of the molecule is NC(=O)OC(Cc1cc(F)cc(F)c1)c1nc(Br)c2c(c1Br)CCC2. The Bertz CT molecular complexity index is 826. The van der Waals surface area contributed by atoms with E-state index in [-0.39, 0.29) is 6.42 Å². The number of benzene rings is 1. The van der Waals surface area contributed by atoms with Gasteiger partial charge in [-0.2, -0.15) is 0 Å². The lowest BCUT2D eigenvalue weighted by atomic mass is 10.0. The molecule has 1 aliphatic carbocycles. The number of rotatable bonds is 4. The van der Waals surface area contributed by atoms with Crippen molar-refractivity contribution in [3.8, 4) is 0 Å². The summed E-state index contributed by atoms with van der Waals surface area (Å²) >= 11 is 6.99. The zero-order valence-corrected chi connectivity index (χ0v) is 16.2. The van der Waals surface area contributed by atoms with E-state index in [0.717, 1.165) is 40.9 Å². The van der Waals surface area contributed by atoms with Crippen LogP contribution in [-0.4, -0.2) is 11.1 Å². The van der Waals surface area contributed by atoms with E-state index >= 15 is 0 Å². The monoisotopic (exact) mass is 474 g/mol. The minimum atomic E-state index is -0.979. The number of halogens is 4. The second-order valence-electron chi connectivity index (χ2n) is 5.82. The smallest absolute Gasteiger partial charge is 0.405 e. The lowest BCUT2D eigenvalue weighted by molar-refractivity contribution is 0.103. The topological polar surface area (TPSA) is 65.2 Å². The first-order valence-electron chi connectivity index (χ1n) is 7.63. The van der Waals surface area contributed by atoms with Gasteiger partial charge in [-0.3, -0.25) is 0 Å². The van der Waals surface area contributed by atoms with Gasteiger partial charge in [0, 0.05) is 17.0 Å². The van der Waals surface area contributed by atoms with E-state index in [1.54, 1.807) is 0 Å². The summed E-state index contributed by atoms with van der Waals surface area (Å²) in [5.74, 6) is -1.40. The summed E-state index contributed by atoms with van der Waals surface area (Å²) in [4.78, 5) is 15.8. The Hall–Kier alpha value is -1.54. The Morgan fingerprint density at radius 2 is 1.84 bits per heavy atom. The molecule has 132 valence electrons. The second kappa shape index (κ2) is 7.37. The maximum atomic E-state index is 13.5. The highest BCUT2D eigenvalue weighted by Crippen LogP contribution is 2.38. The van der Waals surface area contributed by atoms with Crippen LogP contribution in [0.1, 0.15) is 34.9 Å². The Kier molecular flexibility index (Phi) is 5.38. The molecule has 8 heteroatoms. The van der Waals surface area contributed by atoms with E-state index in [9.17, 15) is 13.6 Å². The lowest BCUT2D eigenvalue weighted by Crippen LogP contribution is -2.21. The number of amides is 1. The average molecular weight is 476 g/mol. The fraction of sp³-hybridized carbons (Fsp3) is 0.294. The van der Waals surface area contributed by atoms with Gasteiger partial charge >= 0.3 is 6.09 Å². The average Bonchev–Trinajstić information content (AvgIpc) is 2.99. The van der Waals surface area contributed by atoms with E-state index in [4.69, 9.17) is 10.5 Å². The zero-order valence-electron chi connectivity index (χ0n) is 13.0. The van der Waals surface area contributed by atoms with Gasteiger partial charge in [0.2, 0.25) is 0 Å². The summed E-state index contributed by atoms with van der Waals surface area (Å²) in [5.41, 5.74) is 8.20. The first-order valence-corrected chi connectivity index (χ1v) is 9.21. The minimum Gasteiger partial charge on any atom is -0.439 e. The number of fused-ring (bicyclic) bond motifs is 1. The van der Waals surface area contributed by atoms with Crippen LogP contribution in [0, 0.1) is 11.6 Å². The molecular weight excluding hydrogens is 462 g/mol. The van der Waals surface area contributed by atoms with Crippen molar-refractivity contribution in [2.75, 3.05) is 0 Å². The maximum Gasteiger partial charge on any atom is 0.405 e. The number of carbonyl (C=O) groups is 1. The molecule has 1 atom stereocenters. The Morgan fingerprint density at radius 1 is 1.20 bits per heavy atom. The van der Waals surface area contributed by atoms with Gasteiger partial charge < -0.3 is 10.5 Å². The minimum absolute atomic E-state index is 0.0500. The third kappa shape index (κ3) is 4.00. The summed E-state index contributed by atoms with van der Waals surface area (Å²) in [6.07, 6.45) is 1.00. The van der Waals surface area contributed by atoms with Gasteiger partial charge in [-0.05, 0) is 79.9 Å². The van der Waals surface area contributed by atoms with E-state index in [1.807, 2.05) is 0 Å². The van der Waals surface area contributed by atoms with Crippen molar-refractivity contribution in [2.45, 2.75) is 31.8 Å². The molecule has 0 bridgehead atoms. The molecule has 0 aliphatic heterocycles. The molecule has 0 radical (unpaired) electrons. The largest absolute Gasteiger partial charge is 0.439 e. The van der Waals surface area contributed by atoms with Gasteiger partial charge in [-0.1, -0.05) is 0 Å². The quantitative estimate of drug-likeness (QED) is 0.648. The van der Waals surface area contributed by atoms with Crippen molar-refractivity contribution in [3.63, 3.8) is 0 Å². The molecule has 0 fully saturated rings. The van der Waals surface area contributed by atoms with Crippen LogP contribution in [0.3, 0.4) is 0 Å². The predicted octanol–water partition coefficient (Wildman–Crippen LogP) is 4.75. The van der Waals surface area contributed by atoms with Gasteiger partial charge in [0.05, 0.1) is 5.69 Å². The van der Waals surface area contributed by atoms with Crippen LogP contribution in [-0.2, 0) is 24.0 Å². The molecule has 1 aromatic heterocycles. The first kappa shape index (κ1) is 18.3. The van der Waals surface area contributed by atoms with Crippen molar-refractivity contribution in [3.05, 3.63) is 61.3 Å². The Balaban J connectivity index is 2.02. The molecule has 1 heterocycles. The number of nitrogens with two attached hydrogens (primary N) is 1. The van der Waals surface area contributed by atoms with Gasteiger partial charge in [0.1, 0.15) is 16.2 Å². The summed E-state index contributed by atoms with van der Waals surface area (Å²) in [6, 6.07) is 3.17. The standard InChI is InChI=1S/C17H14Br2F2N2O2/c18-14-11-2-1-3-12(11)16(19)23-15(14)13(25-17(22)24)6-8-4-9(20)7-10(21)5-8/h4-5,7,13H,1-3,6H2,(H2,22,24).